The van der Waals surface area contributed by atoms with Gasteiger partial charge in [-0.25, -0.2) is 9.69 Å². The van der Waals surface area contributed by atoms with Crippen LogP contribution in [-0.2, 0) is 36.6 Å². The number of cyclic esters (lactones) is 1. The second kappa shape index (κ2) is 13.5. The van der Waals surface area contributed by atoms with Crippen LogP contribution in [0.2, 0.25) is 0 Å². The second-order valence-electron chi connectivity index (χ2n) is 9.58. The average molecular weight is 602 g/mol. The summed E-state index contributed by atoms with van der Waals surface area (Å²) in [4.78, 5) is 41.2. The van der Waals surface area contributed by atoms with E-state index in [2.05, 4.69) is 15.9 Å². The molecule has 0 aliphatic carbocycles. The first-order valence-corrected chi connectivity index (χ1v) is 13.7. The van der Waals surface area contributed by atoms with E-state index in [0.717, 1.165) is 16.0 Å². The Kier molecular flexibility index (Phi) is 10.0. The van der Waals surface area contributed by atoms with Crippen molar-refractivity contribution in [1.29, 1.82) is 0 Å². The van der Waals surface area contributed by atoms with Crippen LogP contribution >= 0.6 is 15.9 Å². The molecule has 2 aliphatic heterocycles. The maximum Gasteiger partial charge on any atom is 0.416 e. The molecule has 10 heteroatoms. The molecule has 39 heavy (non-hydrogen) atoms. The fourth-order valence-electron chi connectivity index (χ4n) is 4.82. The predicted molar refractivity (Wildman–Crippen MR) is 145 cm³/mol. The fourth-order valence-corrected chi connectivity index (χ4v) is 5.34. The maximum atomic E-state index is 14.1. The third kappa shape index (κ3) is 7.20. The molecule has 9 nitrogen and oxygen atoms in total. The van der Waals surface area contributed by atoms with Crippen LogP contribution in [-0.4, -0.2) is 77.3 Å². The highest BCUT2D eigenvalue weighted by atomic mass is 79.9. The number of aliphatic hydroxyl groups is 2. The van der Waals surface area contributed by atoms with Gasteiger partial charge >= 0.3 is 6.09 Å². The number of nitrogens with zero attached hydrogens (tertiary/aromatic N) is 1. The van der Waals surface area contributed by atoms with Gasteiger partial charge < -0.3 is 24.4 Å². The van der Waals surface area contributed by atoms with Crippen LogP contribution in [0.1, 0.15) is 24.0 Å². The maximum absolute atomic E-state index is 14.1. The van der Waals surface area contributed by atoms with Gasteiger partial charge in [-0.2, -0.15) is 0 Å². The van der Waals surface area contributed by atoms with Gasteiger partial charge in [0.05, 0.1) is 29.7 Å². The smallest absolute Gasteiger partial charge is 0.416 e. The van der Waals surface area contributed by atoms with E-state index >= 15 is 0 Å². The van der Waals surface area contributed by atoms with Gasteiger partial charge in [-0.1, -0.05) is 60.7 Å². The Morgan fingerprint density at radius 3 is 2.41 bits per heavy atom. The summed E-state index contributed by atoms with van der Waals surface area (Å²) in [6.07, 6.45) is 0.0856. The topological polar surface area (TPSA) is 123 Å². The first-order valence-electron chi connectivity index (χ1n) is 12.9. The van der Waals surface area contributed by atoms with E-state index in [1.54, 1.807) is 0 Å². The normalized spacial score (nSPS) is 23.9. The summed E-state index contributed by atoms with van der Waals surface area (Å²) in [5.74, 6) is -4.06. The summed E-state index contributed by atoms with van der Waals surface area (Å²) in [6.45, 7) is 0.355. The molecule has 4 atom stereocenters. The van der Waals surface area contributed by atoms with Crippen LogP contribution < -0.4 is 0 Å². The zero-order valence-corrected chi connectivity index (χ0v) is 23.0. The Bertz CT molecular complexity index is 1170. The Morgan fingerprint density at radius 2 is 1.74 bits per heavy atom. The monoisotopic (exact) mass is 601 g/mol. The van der Waals surface area contributed by atoms with Crippen molar-refractivity contribution in [3.05, 3.63) is 82.3 Å². The number of amides is 2. The number of carbonyl (C=O) groups excluding carboxylic acids is 3. The third-order valence-corrected chi connectivity index (χ3v) is 7.63. The number of ether oxygens (including phenoxy) is 3. The first-order chi connectivity index (χ1) is 18.8. The molecule has 2 aromatic rings. The molecule has 208 valence electrons. The van der Waals surface area contributed by atoms with Gasteiger partial charge in [0.2, 0.25) is 5.91 Å². The third-order valence-electron chi connectivity index (χ3n) is 6.78. The number of hydrogen-bond acceptors (Lipinski definition) is 8. The number of imide groups is 1. The predicted octanol–water partition coefficient (Wildman–Crippen LogP) is 3.16. The van der Waals surface area contributed by atoms with E-state index in [1.165, 1.54) is 6.08 Å². The molecule has 1 fully saturated rings. The summed E-state index contributed by atoms with van der Waals surface area (Å²) in [6, 6.07) is 18.1. The molecule has 0 saturated carbocycles. The van der Waals surface area contributed by atoms with E-state index < -0.39 is 41.6 Å². The highest BCUT2D eigenvalue weighted by Crippen LogP contribution is 2.37. The van der Waals surface area contributed by atoms with Crippen LogP contribution in [0.4, 0.5) is 4.79 Å². The molecule has 0 bridgehead atoms. The number of carbonyl (C=O) groups is 3. The number of benzene rings is 2. The van der Waals surface area contributed by atoms with Crippen LogP contribution in [0.3, 0.4) is 0 Å². The number of ketones is 1. The van der Waals surface area contributed by atoms with Crippen molar-refractivity contribution in [2.24, 2.45) is 5.92 Å². The van der Waals surface area contributed by atoms with Gasteiger partial charge in [-0.15, -0.1) is 0 Å². The van der Waals surface area contributed by atoms with E-state index in [9.17, 15) is 19.5 Å². The van der Waals surface area contributed by atoms with E-state index in [0.29, 0.717) is 12.8 Å². The van der Waals surface area contributed by atoms with Gasteiger partial charge in [0.15, 0.2) is 11.6 Å². The van der Waals surface area contributed by atoms with Crippen molar-refractivity contribution in [3.63, 3.8) is 0 Å². The van der Waals surface area contributed by atoms with Gasteiger partial charge in [-0.3, -0.25) is 9.59 Å². The van der Waals surface area contributed by atoms with Crippen molar-refractivity contribution in [2.75, 3.05) is 26.4 Å². The summed E-state index contributed by atoms with van der Waals surface area (Å²) in [5.41, 5.74) is 1.71. The first kappa shape index (κ1) is 29.1. The lowest BCUT2D eigenvalue weighted by Crippen LogP contribution is -2.53. The zero-order chi connectivity index (χ0) is 27.8. The number of rotatable bonds is 12. The molecule has 4 rings (SSSR count). The minimum Gasteiger partial charge on any atom is -0.447 e. The highest BCUT2D eigenvalue weighted by Gasteiger charge is 2.49. The molecule has 0 spiro atoms. The lowest BCUT2D eigenvalue weighted by atomic mass is 9.87. The van der Waals surface area contributed by atoms with Crippen molar-refractivity contribution in [2.45, 2.75) is 43.6 Å². The molecule has 0 radical (unpaired) electrons. The second-order valence-corrected chi connectivity index (χ2v) is 10.4. The van der Waals surface area contributed by atoms with Crippen molar-refractivity contribution < 1.29 is 38.8 Å². The molecule has 1 saturated heterocycles. The molecular weight excluding hydrogens is 570 g/mol. The minimum atomic E-state index is -1.87. The molecule has 0 unspecified atom stereocenters. The van der Waals surface area contributed by atoms with Gasteiger partial charge in [0.25, 0.3) is 0 Å². The van der Waals surface area contributed by atoms with Crippen molar-refractivity contribution in [1.82, 2.24) is 4.90 Å². The SMILES string of the molecule is O=C1C=C(Br)[C@](O)(CCCOCCO)O[C@@H]1[C@H](Cc1ccccc1)C(=O)N1C(=O)OC[C@H]1Cc1ccccc1. The fraction of sp³-hybridized carbons (Fsp3) is 0.414. The quantitative estimate of drug-likeness (QED) is 0.356. The largest absolute Gasteiger partial charge is 0.447 e. The molecule has 2 aromatic carbocycles. The molecule has 2 aliphatic rings. The van der Waals surface area contributed by atoms with Gasteiger partial charge in [0.1, 0.15) is 12.7 Å². The number of aliphatic hydroxyl groups excluding tert-OH is 1. The van der Waals surface area contributed by atoms with Gasteiger partial charge in [-0.05, 0) is 52.4 Å². The van der Waals surface area contributed by atoms with Gasteiger partial charge in [0, 0.05) is 13.0 Å². The standard InChI is InChI=1S/C29H32BrNO8/c30-25-18-24(33)26(39-29(25,36)12-7-14-37-15-13-32)23(17-21-10-5-2-6-11-21)27(34)31-22(19-38-28(31)35)16-20-8-3-1-4-9-20/h1-6,8-11,18,22-23,26,32,36H,7,12-17,19H2/t22-,23+,26-,29+/m1/s1. The van der Waals surface area contributed by atoms with Crippen molar-refractivity contribution in [3.8, 4) is 0 Å². The van der Waals surface area contributed by atoms with E-state index in [-0.39, 0.29) is 43.8 Å². The lowest BCUT2D eigenvalue weighted by Gasteiger charge is -2.38. The molecule has 2 heterocycles. The van der Waals surface area contributed by atoms with Crippen LogP contribution in [0.15, 0.2) is 71.2 Å². The average Bonchev–Trinajstić information content (AvgIpc) is 3.30. The zero-order valence-electron chi connectivity index (χ0n) is 21.4. The van der Waals surface area contributed by atoms with Crippen LogP contribution in [0, 0.1) is 5.92 Å². The Morgan fingerprint density at radius 1 is 1.08 bits per heavy atom. The molecular formula is C29H32BrNO8. The van der Waals surface area contributed by atoms with E-state index in [4.69, 9.17) is 19.3 Å². The summed E-state index contributed by atoms with van der Waals surface area (Å²) < 4.78 is 16.7. The summed E-state index contributed by atoms with van der Waals surface area (Å²) >= 11 is 3.25. The highest BCUT2D eigenvalue weighted by molar-refractivity contribution is 9.11. The number of hydrogen-bond donors (Lipinski definition) is 2. The molecule has 2 N–H and O–H groups in total. The Balaban J connectivity index is 1.60. The molecule has 0 aromatic heterocycles. The van der Waals surface area contributed by atoms with E-state index in [1.807, 2.05) is 60.7 Å². The Labute approximate surface area is 235 Å². The lowest BCUT2D eigenvalue weighted by molar-refractivity contribution is -0.218. The number of halogens is 1. The van der Waals surface area contributed by atoms with Crippen LogP contribution in [0.25, 0.3) is 0 Å². The minimum absolute atomic E-state index is 0.0419. The molecule has 2 amide bonds. The van der Waals surface area contributed by atoms with Crippen molar-refractivity contribution >= 4 is 33.7 Å². The summed E-state index contributed by atoms with van der Waals surface area (Å²) in [7, 11) is 0. The summed E-state index contributed by atoms with van der Waals surface area (Å²) in [5, 5.41) is 20.2. The van der Waals surface area contributed by atoms with Crippen LogP contribution in [0.5, 0.6) is 0 Å². The Hall–Kier alpha value is -2.89.